The maximum atomic E-state index is 13.1. The van der Waals surface area contributed by atoms with Crippen LogP contribution in [0.2, 0.25) is 0 Å². The van der Waals surface area contributed by atoms with Crippen molar-refractivity contribution in [2.75, 3.05) is 5.32 Å². The number of anilines is 1. The fourth-order valence-electron chi connectivity index (χ4n) is 2.75. The molecule has 0 fully saturated rings. The van der Waals surface area contributed by atoms with E-state index in [0.29, 0.717) is 24.7 Å². The zero-order valence-corrected chi connectivity index (χ0v) is 15.2. The van der Waals surface area contributed by atoms with Gasteiger partial charge in [0.2, 0.25) is 0 Å². The van der Waals surface area contributed by atoms with Crippen molar-refractivity contribution >= 4 is 22.8 Å². The number of nitrogens with zero attached hydrogens (tertiary/aromatic N) is 3. The van der Waals surface area contributed by atoms with E-state index in [9.17, 15) is 8.78 Å². The third-order valence-corrected chi connectivity index (χ3v) is 4.74. The van der Waals surface area contributed by atoms with Gasteiger partial charge in [-0.1, -0.05) is 18.2 Å². The molecule has 4 rings (SSSR count). The highest BCUT2D eigenvalue weighted by Crippen LogP contribution is 2.30. The zero-order valence-electron chi connectivity index (χ0n) is 14.4. The third-order valence-electron chi connectivity index (χ3n) is 3.87. The molecule has 4 aromatic rings. The van der Waals surface area contributed by atoms with Crippen LogP contribution in [-0.4, -0.2) is 20.7 Å². The summed E-state index contributed by atoms with van der Waals surface area (Å²) in [6, 6.07) is 12.4. The van der Waals surface area contributed by atoms with Crippen molar-refractivity contribution in [2.24, 2.45) is 0 Å². The number of aromatic nitrogens is 3. The maximum Gasteiger partial charge on any atom is 0.394 e. The Morgan fingerprint density at radius 1 is 1.22 bits per heavy atom. The van der Waals surface area contributed by atoms with Crippen LogP contribution in [0.4, 0.5) is 14.6 Å². The number of halogens is 2. The van der Waals surface area contributed by atoms with Gasteiger partial charge in [-0.3, -0.25) is 0 Å². The van der Waals surface area contributed by atoms with Crippen molar-refractivity contribution in [3.8, 4) is 16.9 Å². The monoisotopic (exact) mass is 386 g/mol. The first kappa shape index (κ1) is 17.4. The molecule has 0 aliphatic heterocycles. The SMILES string of the molecule is CC(F)(F)Oc1cccc(-c2cnn3c(NCc4cccs4)ccnc23)c1. The maximum absolute atomic E-state index is 13.1. The summed E-state index contributed by atoms with van der Waals surface area (Å²) >= 11 is 1.67. The molecular weight excluding hydrogens is 370 g/mol. The smallest absolute Gasteiger partial charge is 0.394 e. The van der Waals surface area contributed by atoms with Crippen LogP contribution < -0.4 is 10.1 Å². The Balaban J connectivity index is 1.65. The predicted octanol–water partition coefficient (Wildman–Crippen LogP) is 5.06. The Bertz CT molecular complexity index is 1060. The summed E-state index contributed by atoms with van der Waals surface area (Å²) in [7, 11) is 0. The van der Waals surface area contributed by atoms with E-state index in [4.69, 9.17) is 0 Å². The fourth-order valence-corrected chi connectivity index (χ4v) is 3.40. The van der Waals surface area contributed by atoms with E-state index in [2.05, 4.69) is 26.2 Å². The van der Waals surface area contributed by atoms with E-state index in [0.717, 1.165) is 11.4 Å². The van der Waals surface area contributed by atoms with E-state index < -0.39 is 6.11 Å². The summed E-state index contributed by atoms with van der Waals surface area (Å²) in [5.74, 6) is 0.887. The number of rotatable bonds is 6. The Hall–Kier alpha value is -3.00. The Labute approximate surface area is 158 Å². The predicted molar refractivity (Wildman–Crippen MR) is 101 cm³/mol. The van der Waals surface area contributed by atoms with Crippen molar-refractivity contribution < 1.29 is 13.5 Å². The second-order valence-corrected chi connectivity index (χ2v) is 7.03. The second kappa shape index (κ2) is 6.96. The number of ether oxygens (including phenoxy) is 1. The molecule has 138 valence electrons. The van der Waals surface area contributed by atoms with Crippen LogP contribution in [0.1, 0.15) is 11.8 Å². The summed E-state index contributed by atoms with van der Waals surface area (Å²) in [5.41, 5.74) is 2.07. The highest BCUT2D eigenvalue weighted by Gasteiger charge is 2.23. The summed E-state index contributed by atoms with van der Waals surface area (Å²) in [6.45, 7) is 1.39. The molecule has 0 spiro atoms. The third kappa shape index (κ3) is 3.90. The standard InChI is InChI=1S/C19H16F2N4OS/c1-19(20,21)26-14-5-2-4-13(10-14)16-12-24-25-17(7-8-22-18(16)25)23-11-15-6-3-9-27-15/h2-10,12,23H,11H2,1H3. The molecule has 1 N–H and O–H groups in total. The second-order valence-electron chi connectivity index (χ2n) is 5.99. The van der Waals surface area contributed by atoms with Gasteiger partial charge in [-0.15, -0.1) is 11.3 Å². The molecule has 0 amide bonds. The summed E-state index contributed by atoms with van der Waals surface area (Å²) in [5, 5.41) is 9.78. The van der Waals surface area contributed by atoms with Crippen LogP contribution in [0, 0.1) is 0 Å². The first-order valence-electron chi connectivity index (χ1n) is 8.26. The van der Waals surface area contributed by atoms with Gasteiger partial charge < -0.3 is 10.1 Å². The average Bonchev–Trinajstić information content (AvgIpc) is 3.28. The molecule has 5 nitrogen and oxygen atoms in total. The molecule has 0 aliphatic carbocycles. The molecule has 0 saturated carbocycles. The van der Waals surface area contributed by atoms with Crippen LogP contribution >= 0.6 is 11.3 Å². The highest BCUT2D eigenvalue weighted by molar-refractivity contribution is 7.09. The van der Waals surface area contributed by atoms with Gasteiger partial charge >= 0.3 is 6.11 Å². The van der Waals surface area contributed by atoms with Crippen LogP contribution in [0.15, 0.2) is 60.2 Å². The molecule has 27 heavy (non-hydrogen) atoms. The minimum Gasteiger partial charge on any atom is -0.433 e. The lowest BCUT2D eigenvalue weighted by Gasteiger charge is -2.13. The quantitative estimate of drug-likeness (QED) is 0.503. The van der Waals surface area contributed by atoms with E-state index in [1.165, 1.54) is 10.9 Å². The van der Waals surface area contributed by atoms with E-state index in [-0.39, 0.29) is 5.75 Å². The van der Waals surface area contributed by atoms with Crippen molar-refractivity contribution in [2.45, 2.75) is 19.6 Å². The van der Waals surface area contributed by atoms with E-state index in [1.54, 1.807) is 40.4 Å². The molecule has 0 atom stereocenters. The first-order chi connectivity index (χ1) is 13.0. The molecule has 0 bridgehead atoms. The van der Waals surface area contributed by atoms with Crippen LogP contribution in [0.5, 0.6) is 5.75 Å². The lowest BCUT2D eigenvalue weighted by molar-refractivity contribution is -0.158. The molecule has 0 saturated heterocycles. The normalized spacial score (nSPS) is 11.7. The molecule has 3 aromatic heterocycles. The highest BCUT2D eigenvalue weighted by atomic mass is 32.1. The number of benzene rings is 1. The number of alkyl halides is 2. The van der Waals surface area contributed by atoms with Crippen molar-refractivity contribution in [3.63, 3.8) is 0 Å². The van der Waals surface area contributed by atoms with Gasteiger partial charge in [-0.05, 0) is 35.2 Å². The summed E-state index contributed by atoms with van der Waals surface area (Å²) in [6.07, 6.45) is 0.122. The summed E-state index contributed by atoms with van der Waals surface area (Å²) < 4.78 is 32.6. The van der Waals surface area contributed by atoms with Gasteiger partial charge in [0.1, 0.15) is 11.6 Å². The number of hydrogen-bond acceptors (Lipinski definition) is 5. The Morgan fingerprint density at radius 3 is 2.89 bits per heavy atom. The zero-order chi connectivity index (χ0) is 18.9. The number of thiophene rings is 1. The molecule has 8 heteroatoms. The largest absolute Gasteiger partial charge is 0.433 e. The van der Waals surface area contributed by atoms with Crippen LogP contribution in [0.25, 0.3) is 16.8 Å². The van der Waals surface area contributed by atoms with Gasteiger partial charge in [-0.25, -0.2) is 4.98 Å². The van der Waals surface area contributed by atoms with Gasteiger partial charge in [0.25, 0.3) is 0 Å². The lowest BCUT2D eigenvalue weighted by Crippen LogP contribution is -2.18. The molecular formula is C19H16F2N4OS. The minimum atomic E-state index is -3.24. The van der Waals surface area contributed by atoms with Crippen molar-refractivity contribution in [1.29, 1.82) is 0 Å². The Morgan fingerprint density at radius 2 is 2.11 bits per heavy atom. The molecule has 0 unspecified atom stereocenters. The Kier molecular flexibility index (Phi) is 4.49. The van der Waals surface area contributed by atoms with E-state index in [1.807, 2.05) is 23.6 Å². The van der Waals surface area contributed by atoms with Crippen molar-refractivity contribution in [3.05, 3.63) is 65.1 Å². The van der Waals surface area contributed by atoms with Crippen LogP contribution in [0.3, 0.4) is 0 Å². The van der Waals surface area contributed by atoms with Gasteiger partial charge in [0, 0.05) is 23.6 Å². The van der Waals surface area contributed by atoms with Gasteiger partial charge in [0.15, 0.2) is 5.65 Å². The van der Waals surface area contributed by atoms with Crippen molar-refractivity contribution in [1.82, 2.24) is 14.6 Å². The lowest BCUT2D eigenvalue weighted by atomic mass is 10.1. The average molecular weight is 386 g/mol. The molecule has 3 heterocycles. The first-order valence-corrected chi connectivity index (χ1v) is 9.14. The molecule has 0 aliphatic rings. The number of fused-ring (bicyclic) bond motifs is 1. The number of nitrogens with one attached hydrogen (secondary N) is 1. The topological polar surface area (TPSA) is 51.5 Å². The minimum absolute atomic E-state index is 0.0892. The summed E-state index contributed by atoms with van der Waals surface area (Å²) in [4.78, 5) is 5.61. The molecule has 1 aromatic carbocycles. The van der Waals surface area contributed by atoms with Gasteiger partial charge in [0.05, 0.1) is 12.7 Å². The fraction of sp³-hybridized carbons (Fsp3) is 0.158. The number of hydrogen-bond donors (Lipinski definition) is 1. The van der Waals surface area contributed by atoms with E-state index >= 15 is 0 Å². The van der Waals surface area contributed by atoms with Gasteiger partial charge in [-0.2, -0.15) is 18.4 Å². The molecule has 0 radical (unpaired) electrons. The van der Waals surface area contributed by atoms with Crippen LogP contribution in [-0.2, 0) is 6.54 Å².